The van der Waals surface area contributed by atoms with Gasteiger partial charge in [-0.15, -0.1) is 0 Å². The Morgan fingerprint density at radius 1 is 0.524 bits per heavy atom. The Bertz CT molecular complexity index is 204. The van der Waals surface area contributed by atoms with Crippen LogP contribution in [0.2, 0.25) is 0 Å². The van der Waals surface area contributed by atoms with Gasteiger partial charge in [0.2, 0.25) is 0 Å². The molecule has 0 radical (unpaired) electrons. The second-order valence-corrected chi connectivity index (χ2v) is 6.22. The number of hydrogen-bond donors (Lipinski definition) is 4. The van der Waals surface area contributed by atoms with E-state index >= 15 is 0 Å². The predicted molar refractivity (Wildman–Crippen MR) is 86.1 cm³/mol. The van der Waals surface area contributed by atoms with Gasteiger partial charge in [0.05, 0.1) is 29.8 Å². The fourth-order valence-electron chi connectivity index (χ4n) is 3.43. The molecule has 21 heavy (non-hydrogen) atoms. The average molecular weight is 304 g/mol. The maximum atomic E-state index is 10.7. The van der Waals surface area contributed by atoms with Gasteiger partial charge in [-0.05, 0) is 25.7 Å². The summed E-state index contributed by atoms with van der Waals surface area (Å²) >= 11 is 0. The van der Waals surface area contributed by atoms with Gasteiger partial charge < -0.3 is 20.4 Å². The highest BCUT2D eigenvalue weighted by molar-refractivity contribution is 5.02. The highest BCUT2D eigenvalue weighted by Gasteiger charge is 2.53. The van der Waals surface area contributed by atoms with Crippen molar-refractivity contribution in [3.05, 3.63) is 0 Å². The van der Waals surface area contributed by atoms with Gasteiger partial charge in [0.1, 0.15) is 0 Å². The molecule has 0 rings (SSSR count). The Hall–Kier alpha value is -0.160. The average Bonchev–Trinajstić information content (AvgIpc) is 2.40. The Kier molecular flexibility index (Phi) is 10.5. The highest BCUT2D eigenvalue weighted by atomic mass is 16.3. The van der Waals surface area contributed by atoms with Crippen LogP contribution in [0.1, 0.15) is 79.1 Å². The third kappa shape index (κ3) is 4.92. The summed E-state index contributed by atoms with van der Waals surface area (Å²) in [5.41, 5.74) is -1.24. The fourth-order valence-corrected chi connectivity index (χ4v) is 3.43. The summed E-state index contributed by atoms with van der Waals surface area (Å²) in [6, 6.07) is 0. The SMILES string of the molecule is CCCC(O)C(C(O)CCC)(C(O)CCC)C(O)CCC. The monoisotopic (exact) mass is 304 g/mol. The zero-order valence-electron chi connectivity index (χ0n) is 14.3. The molecule has 0 heterocycles. The van der Waals surface area contributed by atoms with Gasteiger partial charge in [0.15, 0.2) is 0 Å². The third-order valence-corrected chi connectivity index (χ3v) is 4.56. The van der Waals surface area contributed by atoms with Crippen LogP contribution >= 0.6 is 0 Å². The fraction of sp³-hybridized carbons (Fsp3) is 1.00. The first-order chi connectivity index (χ1) is 9.93. The summed E-state index contributed by atoms with van der Waals surface area (Å²) in [5.74, 6) is 0. The molecule has 0 aromatic rings. The molecule has 4 nitrogen and oxygen atoms in total. The standard InChI is InChI=1S/C17H36O4/c1-5-9-13(18)17(14(19)10-6-2,15(20)11-7-3)16(21)12-8-4/h13-16,18-21H,5-12H2,1-4H3. The van der Waals surface area contributed by atoms with E-state index in [9.17, 15) is 20.4 Å². The van der Waals surface area contributed by atoms with Crippen LogP contribution in [0.25, 0.3) is 0 Å². The summed E-state index contributed by atoms with van der Waals surface area (Å²) in [6.07, 6.45) is 1.31. The third-order valence-electron chi connectivity index (χ3n) is 4.56. The molecule has 0 spiro atoms. The Balaban J connectivity index is 5.67. The maximum Gasteiger partial charge on any atom is 0.0739 e. The molecule has 4 atom stereocenters. The molecule has 0 bridgehead atoms. The summed E-state index contributed by atoms with van der Waals surface area (Å²) in [6.45, 7) is 7.83. The van der Waals surface area contributed by atoms with E-state index < -0.39 is 29.8 Å². The summed E-state index contributed by atoms with van der Waals surface area (Å²) < 4.78 is 0. The quantitative estimate of drug-likeness (QED) is 0.447. The van der Waals surface area contributed by atoms with Crippen LogP contribution in [0, 0.1) is 5.41 Å². The Morgan fingerprint density at radius 2 is 0.714 bits per heavy atom. The van der Waals surface area contributed by atoms with E-state index in [1.807, 2.05) is 27.7 Å². The highest BCUT2D eigenvalue weighted by Crippen LogP contribution is 2.42. The molecule has 0 aliphatic carbocycles. The minimum Gasteiger partial charge on any atom is -0.392 e. The first-order valence-corrected chi connectivity index (χ1v) is 8.65. The molecule has 4 N–H and O–H groups in total. The largest absolute Gasteiger partial charge is 0.392 e. The topological polar surface area (TPSA) is 80.9 Å². The van der Waals surface area contributed by atoms with E-state index in [4.69, 9.17) is 0 Å². The summed E-state index contributed by atoms with van der Waals surface area (Å²) in [7, 11) is 0. The second-order valence-electron chi connectivity index (χ2n) is 6.22. The summed E-state index contributed by atoms with van der Waals surface area (Å²) in [5, 5.41) is 42.7. The predicted octanol–water partition coefficient (Wildman–Crippen LogP) is 2.62. The van der Waals surface area contributed by atoms with Crippen LogP contribution in [-0.2, 0) is 0 Å². The van der Waals surface area contributed by atoms with Gasteiger partial charge in [-0.3, -0.25) is 0 Å². The normalized spacial score (nSPS) is 20.6. The molecular weight excluding hydrogens is 268 g/mol. The summed E-state index contributed by atoms with van der Waals surface area (Å²) in [4.78, 5) is 0. The molecule has 0 amide bonds. The maximum absolute atomic E-state index is 10.7. The molecule has 128 valence electrons. The van der Waals surface area contributed by atoms with Gasteiger partial charge in [0.25, 0.3) is 0 Å². The first kappa shape index (κ1) is 20.8. The molecule has 0 saturated carbocycles. The molecule has 4 unspecified atom stereocenters. The van der Waals surface area contributed by atoms with Crippen LogP contribution in [0.4, 0.5) is 0 Å². The van der Waals surface area contributed by atoms with Crippen LogP contribution in [0.15, 0.2) is 0 Å². The number of rotatable bonds is 12. The lowest BCUT2D eigenvalue weighted by atomic mass is 9.64. The molecule has 0 aromatic heterocycles. The van der Waals surface area contributed by atoms with Gasteiger partial charge >= 0.3 is 0 Å². The van der Waals surface area contributed by atoms with E-state index in [1.165, 1.54) is 0 Å². The van der Waals surface area contributed by atoms with Gasteiger partial charge in [-0.2, -0.15) is 0 Å². The van der Waals surface area contributed by atoms with E-state index in [0.717, 1.165) is 25.7 Å². The van der Waals surface area contributed by atoms with E-state index in [2.05, 4.69) is 0 Å². The number of aliphatic hydroxyl groups excluding tert-OH is 4. The Labute approximate surface area is 130 Å². The van der Waals surface area contributed by atoms with Gasteiger partial charge in [-0.1, -0.05) is 53.4 Å². The molecule has 0 saturated heterocycles. The van der Waals surface area contributed by atoms with Crippen molar-refractivity contribution in [2.75, 3.05) is 0 Å². The smallest absolute Gasteiger partial charge is 0.0739 e. The molecule has 0 fully saturated rings. The lowest BCUT2D eigenvalue weighted by Crippen LogP contribution is -2.60. The molecular formula is C17H36O4. The van der Waals surface area contributed by atoms with Crippen molar-refractivity contribution in [3.8, 4) is 0 Å². The molecule has 0 aliphatic rings. The van der Waals surface area contributed by atoms with Crippen molar-refractivity contribution in [1.29, 1.82) is 0 Å². The van der Waals surface area contributed by atoms with Crippen molar-refractivity contribution < 1.29 is 20.4 Å². The number of hydrogen-bond acceptors (Lipinski definition) is 4. The van der Waals surface area contributed by atoms with Crippen LogP contribution < -0.4 is 0 Å². The van der Waals surface area contributed by atoms with Crippen molar-refractivity contribution in [1.82, 2.24) is 0 Å². The lowest BCUT2D eigenvalue weighted by molar-refractivity contribution is -0.200. The lowest BCUT2D eigenvalue weighted by Gasteiger charge is -2.48. The van der Waals surface area contributed by atoms with Crippen LogP contribution in [0.3, 0.4) is 0 Å². The first-order valence-electron chi connectivity index (χ1n) is 8.65. The zero-order chi connectivity index (χ0) is 16.5. The van der Waals surface area contributed by atoms with E-state index in [-0.39, 0.29) is 0 Å². The minimum absolute atomic E-state index is 0.475. The van der Waals surface area contributed by atoms with Crippen LogP contribution in [0.5, 0.6) is 0 Å². The molecule has 4 heteroatoms. The van der Waals surface area contributed by atoms with Crippen molar-refractivity contribution in [2.45, 2.75) is 103 Å². The van der Waals surface area contributed by atoms with Gasteiger partial charge in [0, 0.05) is 0 Å². The second kappa shape index (κ2) is 10.5. The van der Waals surface area contributed by atoms with Crippen molar-refractivity contribution in [2.24, 2.45) is 5.41 Å². The Morgan fingerprint density at radius 3 is 0.857 bits per heavy atom. The van der Waals surface area contributed by atoms with E-state index in [0.29, 0.717) is 25.7 Å². The minimum atomic E-state index is -1.24. The van der Waals surface area contributed by atoms with Gasteiger partial charge in [-0.25, -0.2) is 0 Å². The number of aliphatic hydroxyl groups is 4. The van der Waals surface area contributed by atoms with Crippen molar-refractivity contribution in [3.63, 3.8) is 0 Å². The molecule has 0 aliphatic heterocycles. The van der Waals surface area contributed by atoms with E-state index in [1.54, 1.807) is 0 Å². The van der Waals surface area contributed by atoms with Crippen molar-refractivity contribution >= 4 is 0 Å². The zero-order valence-corrected chi connectivity index (χ0v) is 14.3. The van der Waals surface area contributed by atoms with Crippen LogP contribution in [-0.4, -0.2) is 44.8 Å². The molecule has 0 aromatic carbocycles.